The Bertz CT molecular complexity index is 727. The molecule has 1 aliphatic rings. The third-order valence-electron chi connectivity index (χ3n) is 4.31. The number of carbonyl (C=O) groups is 1. The Labute approximate surface area is 145 Å². The lowest BCUT2D eigenvalue weighted by Crippen LogP contribution is -2.46. The summed E-state index contributed by atoms with van der Waals surface area (Å²) in [4.78, 5) is 12.2. The van der Waals surface area contributed by atoms with Gasteiger partial charge in [0.1, 0.15) is 0 Å². The molecule has 0 radical (unpaired) electrons. The van der Waals surface area contributed by atoms with Gasteiger partial charge >= 0.3 is 0 Å². The Kier molecular flexibility index (Phi) is 6.47. The van der Waals surface area contributed by atoms with Crippen molar-refractivity contribution in [3.8, 4) is 0 Å². The first-order valence-electron chi connectivity index (χ1n) is 8.13. The highest BCUT2D eigenvalue weighted by Gasteiger charge is 2.31. The van der Waals surface area contributed by atoms with Gasteiger partial charge in [-0.1, -0.05) is 6.07 Å². The standard InChI is InChI=1S/C16H22F2N2O4S/c1-2-25(23,24)20-7-3-4-12(10-20)16(22)19-9-15(21)11-5-6-13(17)14(18)8-11/h5-6,8,12,15,21H,2-4,7,9-10H2,1H3,(H,19,22). The Morgan fingerprint density at radius 2 is 2.12 bits per heavy atom. The number of aliphatic hydroxyl groups excluding tert-OH is 1. The van der Waals surface area contributed by atoms with Crippen molar-refractivity contribution in [3.63, 3.8) is 0 Å². The van der Waals surface area contributed by atoms with Crippen molar-refractivity contribution in [2.24, 2.45) is 5.92 Å². The zero-order valence-electron chi connectivity index (χ0n) is 13.9. The average molecular weight is 376 g/mol. The van der Waals surface area contributed by atoms with E-state index in [1.54, 1.807) is 6.92 Å². The van der Waals surface area contributed by atoms with Gasteiger partial charge in [0.25, 0.3) is 0 Å². The largest absolute Gasteiger partial charge is 0.387 e. The molecule has 0 spiro atoms. The summed E-state index contributed by atoms with van der Waals surface area (Å²) in [7, 11) is -3.34. The van der Waals surface area contributed by atoms with Gasteiger partial charge in [0.2, 0.25) is 15.9 Å². The Morgan fingerprint density at radius 3 is 2.76 bits per heavy atom. The van der Waals surface area contributed by atoms with Crippen LogP contribution in [0.1, 0.15) is 31.4 Å². The number of rotatable bonds is 6. The fraction of sp³-hybridized carbons (Fsp3) is 0.562. The van der Waals surface area contributed by atoms with E-state index in [1.165, 1.54) is 10.4 Å². The van der Waals surface area contributed by atoms with Crippen molar-refractivity contribution < 1.29 is 27.1 Å². The zero-order valence-corrected chi connectivity index (χ0v) is 14.7. The molecule has 1 fully saturated rings. The molecule has 0 aromatic heterocycles. The van der Waals surface area contributed by atoms with E-state index in [0.29, 0.717) is 19.4 Å². The van der Waals surface area contributed by atoms with E-state index in [9.17, 15) is 27.1 Å². The molecular weight excluding hydrogens is 354 g/mol. The van der Waals surface area contributed by atoms with Gasteiger partial charge in [-0.15, -0.1) is 0 Å². The molecule has 2 atom stereocenters. The fourth-order valence-corrected chi connectivity index (χ4v) is 3.95. The molecule has 2 rings (SSSR count). The summed E-state index contributed by atoms with van der Waals surface area (Å²) >= 11 is 0. The summed E-state index contributed by atoms with van der Waals surface area (Å²) in [6.07, 6.45) is -0.0376. The number of nitrogens with zero attached hydrogens (tertiary/aromatic N) is 1. The molecule has 1 aromatic carbocycles. The number of hydrogen-bond donors (Lipinski definition) is 2. The lowest BCUT2D eigenvalue weighted by atomic mass is 9.98. The molecule has 1 aromatic rings. The Morgan fingerprint density at radius 1 is 1.40 bits per heavy atom. The number of piperidine rings is 1. The quantitative estimate of drug-likeness (QED) is 0.781. The van der Waals surface area contributed by atoms with Crippen LogP contribution in [0.25, 0.3) is 0 Å². The molecule has 1 aliphatic heterocycles. The van der Waals surface area contributed by atoms with E-state index in [1.807, 2.05) is 0 Å². The van der Waals surface area contributed by atoms with Crippen molar-refractivity contribution >= 4 is 15.9 Å². The molecule has 140 valence electrons. The lowest BCUT2D eigenvalue weighted by Gasteiger charge is -2.31. The van der Waals surface area contributed by atoms with Crippen LogP contribution < -0.4 is 5.32 Å². The van der Waals surface area contributed by atoms with Gasteiger partial charge in [0, 0.05) is 19.6 Å². The van der Waals surface area contributed by atoms with Crippen LogP contribution in [-0.4, -0.2) is 49.1 Å². The monoisotopic (exact) mass is 376 g/mol. The van der Waals surface area contributed by atoms with Crippen LogP contribution in [-0.2, 0) is 14.8 Å². The van der Waals surface area contributed by atoms with Crippen LogP contribution in [0.3, 0.4) is 0 Å². The Balaban J connectivity index is 1.92. The summed E-state index contributed by atoms with van der Waals surface area (Å²) in [6, 6.07) is 3.03. The second-order valence-corrected chi connectivity index (χ2v) is 8.29. The minimum atomic E-state index is -3.34. The molecule has 1 saturated heterocycles. The minimum absolute atomic E-state index is 0.0177. The number of aliphatic hydroxyl groups is 1. The highest BCUT2D eigenvalue weighted by Crippen LogP contribution is 2.20. The van der Waals surface area contributed by atoms with Gasteiger partial charge in [-0.3, -0.25) is 4.79 Å². The predicted molar refractivity (Wildman–Crippen MR) is 88.1 cm³/mol. The second-order valence-electron chi connectivity index (χ2n) is 6.03. The van der Waals surface area contributed by atoms with Gasteiger partial charge < -0.3 is 10.4 Å². The molecule has 25 heavy (non-hydrogen) atoms. The smallest absolute Gasteiger partial charge is 0.224 e. The number of sulfonamides is 1. The van der Waals surface area contributed by atoms with Crippen molar-refractivity contribution in [2.45, 2.75) is 25.9 Å². The molecule has 0 saturated carbocycles. The Hall–Kier alpha value is -1.58. The first kappa shape index (κ1) is 19.7. The summed E-state index contributed by atoms with van der Waals surface area (Å²) < 4.78 is 51.2. The normalized spacial score (nSPS) is 20.2. The van der Waals surface area contributed by atoms with Crippen LogP contribution in [0.2, 0.25) is 0 Å². The first-order chi connectivity index (χ1) is 11.7. The predicted octanol–water partition coefficient (Wildman–Crippen LogP) is 1.18. The van der Waals surface area contributed by atoms with Gasteiger partial charge in [0.05, 0.1) is 17.8 Å². The molecule has 9 heteroatoms. The molecule has 2 N–H and O–H groups in total. The van der Waals surface area contributed by atoms with Gasteiger partial charge in [-0.25, -0.2) is 21.5 Å². The van der Waals surface area contributed by atoms with Crippen LogP contribution in [0, 0.1) is 17.6 Å². The van der Waals surface area contributed by atoms with E-state index in [4.69, 9.17) is 0 Å². The van der Waals surface area contributed by atoms with Gasteiger partial charge in [-0.2, -0.15) is 0 Å². The van der Waals surface area contributed by atoms with Gasteiger partial charge in [0.15, 0.2) is 11.6 Å². The highest BCUT2D eigenvalue weighted by atomic mass is 32.2. The fourth-order valence-electron chi connectivity index (χ4n) is 2.77. The number of hydrogen-bond acceptors (Lipinski definition) is 4. The van der Waals surface area contributed by atoms with E-state index in [2.05, 4.69) is 5.32 Å². The average Bonchev–Trinajstić information content (AvgIpc) is 2.61. The number of nitrogens with one attached hydrogen (secondary N) is 1. The summed E-state index contributed by atoms with van der Waals surface area (Å²) in [6.45, 7) is 1.90. The molecule has 0 aliphatic carbocycles. The van der Waals surface area contributed by atoms with Crippen molar-refractivity contribution in [1.82, 2.24) is 9.62 Å². The topological polar surface area (TPSA) is 86.7 Å². The molecule has 1 amide bonds. The third kappa shape index (κ3) is 4.96. The second kappa shape index (κ2) is 8.20. The van der Waals surface area contributed by atoms with Crippen LogP contribution in [0.5, 0.6) is 0 Å². The molecule has 6 nitrogen and oxygen atoms in total. The van der Waals surface area contributed by atoms with Crippen LogP contribution in [0.4, 0.5) is 8.78 Å². The summed E-state index contributed by atoms with van der Waals surface area (Å²) in [5.74, 6) is -2.96. The van der Waals surface area contributed by atoms with E-state index in [-0.39, 0.29) is 30.3 Å². The number of carbonyl (C=O) groups excluding carboxylic acids is 1. The van der Waals surface area contributed by atoms with Crippen molar-refractivity contribution in [2.75, 3.05) is 25.4 Å². The maximum Gasteiger partial charge on any atom is 0.224 e. The SMILES string of the molecule is CCS(=O)(=O)N1CCCC(C(=O)NCC(O)c2ccc(F)c(F)c2)C1. The van der Waals surface area contributed by atoms with Gasteiger partial charge in [-0.05, 0) is 37.5 Å². The van der Waals surface area contributed by atoms with Crippen molar-refractivity contribution in [3.05, 3.63) is 35.4 Å². The third-order valence-corrected chi connectivity index (χ3v) is 6.16. The minimum Gasteiger partial charge on any atom is -0.387 e. The van der Waals surface area contributed by atoms with Crippen molar-refractivity contribution in [1.29, 1.82) is 0 Å². The maximum absolute atomic E-state index is 13.2. The molecule has 1 heterocycles. The molecule has 2 unspecified atom stereocenters. The number of halogens is 2. The van der Waals surface area contributed by atoms with E-state index >= 15 is 0 Å². The highest BCUT2D eigenvalue weighted by molar-refractivity contribution is 7.89. The molecular formula is C16H22F2N2O4S. The first-order valence-corrected chi connectivity index (χ1v) is 9.74. The maximum atomic E-state index is 13.2. The number of benzene rings is 1. The van der Waals surface area contributed by atoms with E-state index in [0.717, 1.165) is 12.1 Å². The number of amides is 1. The van der Waals surface area contributed by atoms with Crippen LogP contribution in [0.15, 0.2) is 18.2 Å². The van der Waals surface area contributed by atoms with Crippen LogP contribution >= 0.6 is 0 Å². The van der Waals surface area contributed by atoms with E-state index < -0.39 is 33.7 Å². The zero-order chi connectivity index (χ0) is 18.6. The summed E-state index contributed by atoms with van der Waals surface area (Å²) in [5.41, 5.74) is 0.151. The molecule has 0 bridgehead atoms. The summed E-state index contributed by atoms with van der Waals surface area (Å²) in [5, 5.41) is 12.5. The lowest BCUT2D eigenvalue weighted by molar-refractivity contribution is -0.126.